The van der Waals surface area contributed by atoms with Gasteiger partial charge < -0.3 is 13.7 Å². The highest BCUT2D eigenvalue weighted by atomic mass is 15.0. The van der Waals surface area contributed by atoms with E-state index >= 15 is 0 Å². The molecule has 3 heteroatoms. The van der Waals surface area contributed by atoms with Crippen LogP contribution in [0, 0.1) is 0 Å². The van der Waals surface area contributed by atoms with Crippen molar-refractivity contribution in [3.63, 3.8) is 0 Å². The lowest BCUT2D eigenvalue weighted by molar-refractivity contribution is 1.15. The smallest absolute Gasteiger partial charge is 0.0667 e. The molecule has 3 aromatic heterocycles. The van der Waals surface area contributed by atoms with Crippen LogP contribution in [0.4, 0.5) is 0 Å². The van der Waals surface area contributed by atoms with Crippen molar-refractivity contribution in [1.82, 2.24) is 13.7 Å². The second-order valence-corrected chi connectivity index (χ2v) is 13.3. The minimum absolute atomic E-state index is 0.191. The number of fused-ring (bicyclic) bond motifs is 9. The SMILES string of the molecule is [2H]c1c([2H])c([2H])c2c(c1[2H])c1c([2H])c([2H])c(-n3c4c([2H])c([2H])c([2H])c([2H])c4c4c(-n5c6c([2H])c([2H])c([2H])c([2H])c6c6c([2H])c([2H])c([2H])c([2H])c65)c([2H])c([2H])c([2H])c43)c([2H])c1n2-c1cc(-c2ccccc2)cc(-c2ccccc2)c1. The van der Waals surface area contributed by atoms with Crippen LogP contribution < -0.4 is 0 Å². The molecular formula is C54H35N3. The molecule has 3 nitrogen and oxygen atoms in total. The second-order valence-electron chi connectivity index (χ2n) is 13.3. The Morgan fingerprint density at radius 2 is 0.772 bits per heavy atom. The average molecular weight is 748 g/mol. The molecule has 0 aliphatic heterocycles. The largest absolute Gasteiger partial charge is 0.309 e. The summed E-state index contributed by atoms with van der Waals surface area (Å²) in [5.74, 6) is 0. The minimum Gasteiger partial charge on any atom is -0.309 e. The topological polar surface area (TPSA) is 14.8 Å². The number of aromatic nitrogens is 3. The third-order valence-electron chi connectivity index (χ3n) is 10.2. The Kier molecular flexibility index (Phi) is 3.72. The number of hydrogen-bond donors (Lipinski definition) is 0. The summed E-state index contributed by atoms with van der Waals surface area (Å²) in [5, 5.41) is -2.36. The first-order valence-electron chi connectivity index (χ1n) is 28.8. The lowest BCUT2D eigenvalue weighted by Gasteiger charge is -2.15. The molecule has 3 heterocycles. The molecule has 12 rings (SSSR count). The minimum atomic E-state index is -0.937. The summed E-state index contributed by atoms with van der Waals surface area (Å²) >= 11 is 0. The molecule has 0 saturated carbocycles. The number of rotatable bonds is 5. The maximum atomic E-state index is 10.4. The lowest BCUT2D eigenvalue weighted by Crippen LogP contribution is -1.98. The Labute approximate surface area is 360 Å². The maximum Gasteiger partial charge on any atom is 0.0667 e. The van der Waals surface area contributed by atoms with Crippen LogP contribution >= 0.6 is 0 Å². The highest BCUT2D eigenvalue weighted by Crippen LogP contribution is 2.42. The first-order valence-corrected chi connectivity index (χ1v) is 17.8. The van der Waals surface area contributed by atoms with Gasteiger partial charge in [-0.05, 0) is 88.8 Å². The van der Waals surface area contributed by atoms with E-state index in [1.54, 1.807) is 12.1 Å². The van der Waals surface area contributed by atoms with Crippen molar-refractivity contribution in [2.45, 2.75) is 0 Å². The number of benzene rings is 9. The van der Waals surface area contributed by atoms with Gasteiger partial charge in [-0.1, -0.05) is 145 Å². The molecule has 0 radical (unpaired) electrons. The van der Waals surface area contributed by atoms with Crippen LogP contribution in [-0.4, -0.2) is 13.7 Å². The quantitative estimate of drug-likeness (QED) is 0.167. The van der Waals surface area contributed by atoms with Crippen LogP contribution in [0.25, 0.3) is 105 Å². The highest BCUT2D eigenvalue weighted by Gasteiger charge is 2.21. The van der Waals surface area contributed by atoms with Crippen molar-refractivity contribution in [2.75, 3.05) is 0 Å². The zero-order valence-corrected chi connectivity index (χ0v) is 29.3. The molecule has 9 aromatic carbocycles. The predicted molar refractivity (Wildman–Crippen MR) is 240 cm³/mol. The van der Waals surface area contributed by atoms with Crippen LogP contribution in [0.1, 0.15) is 30.2 Å². The van der Waals surface area contributed by atoms with Crippen LogP contribution in [0.15, 0.2) is 212 Å². The molecule has 0 bridgehead atoms. The van der Waals surface area contributed by atoms with Gasteiger partial charge in [0, 0.05) is 43.7 Å². The molecule has 57 heavy (non-hydrogen) atoms. The molecule has 12 aromatic rings. The fourth-order valence-electron chi connectivity index (χ4n) is 7.80. The van der Waals surface area contributed by atoms with E-state index in [0.717, 1.165) is 20.3 Å². The van der Waals surface area contributed by atoms with Gasteiger partial charge in [0.15, 0.2) is 0 Å². The molecule has 0 atom stereocenters. The Bertz CT molecular complexity index is 4660. The van der Waals surface area contributed by atoms with Gasteiger partial charge in [-0.25, -0.2) is 0 Å². The van der Waals surface area contributed by atoms with E-state index in [0.29, 0.717) is 11.1 Å². The van der Waals surface area contributed by atoms with E-state index in [2.05, 4.69) is 0 Å². The van der Waals surface area contributed by atoms with Crippen molar-refractivity contribution in [3.05, 3.63) is 212 Å². The summed E-state index contributed by atoms with van der Waals surface area (Å²) < 4.78 is 207. The van der Waals surface area contributed by atoms with Gasteiger partial charge in [0.2, 0.25) is 0 Å². The van der Waals surface area contributed by atoms with Crippen molar-refractivity contribution < 1.29 is 30.2 Å². The fraction of sp³-hybridized carbons (Fsp3) is 0. The summed E-state index contributed by atoms with van der Waals surface area (Å²) in [6.45, 7) is 0. The van der Waals surface area contributed by atoms with E-state index in [1.165, 1.54) is 4.57 Å². The van der Waals surface area contributed by atoms with Crippen molar-refractivity contribution in [2.24, 2.45) is 0 Å². The molecule has 0 unspecified atom stereocenters. The molecule has 0 amide bonds. The Balaban J connectivity index is 1.35. The van der Waals surface area contributed by atoms with Crippen molar-refractivity contribution >= 4 is 65.4 Å². The van der Waals surface area contributed by atoms with Crippen LogP contribution in [0.5, 0.6) is 0 Å². The molecule has 0 spiro atoms. The van der Waals surface area contributed by atoms with Crippen molar-refractivity contribution in [3.8, 4) is 39.3 Å². The number of hydrogen-bond acceptors (Lipinski definition) is 0. The summed E-state index contributed by atoms with van der Waals surface area (Å²) in [4.78, 5) is 0. The second kappa shape index (κ2) is 12.5. The van der Waals surface area contributed by atoms with E-state index in [9.17, 15) is 16.4 Å². The molecule has 0 N–H and O–H groups in total. The first kappa shape index (κ1) is 17.0. The standard InChI is InChI=1S/C54H35N3/c1-3-16-36(17-4-1)38-32-39(37-18-5-2-6-19-37)34-41(33-38)56-47-24-11-7-22-44(47)45-31-30-40(35-53(45)56)55-50-27-14-10-23-46(50)54-51(55)28-15-29-52(54)57-48-25-12-8-20-42(48)43-21-9-13-26-49(43)57/h1-35H/i7D,8D,9D,10D,11D,12D,13D,14D,15D,20D,21D,22D,23D,24D,25D,26D,27D,28D,29D,30D,31D,35D. The molecule has 266 valence electrons. The first-order chi connectivity index (χ1) is 37.5. The Hall–Kier alpha value is -7.62. The molecule has 0 aliphatic carbocycles. The summed E-state index contributed by atoms with van der Waals surface area (Å²) in [5.41, 5.74) is -0.976. The van der Waals surface area contributed by atoms with E-state index in [1.807, 2.05) is 66.7 Å². The van der Waals surface area contributed by atoms with Gasteiger partial charge in [0.25, 0.3) is 0 Å². The van der Waals surface area contributed by atoms with Gasteiger partial charge in [0.05, 0.1) is 68.9 Å². The van der Waals surface area contributed by atoms with Gasteiger partial charge in [-0.3, -0.25) is 0 Å². The molecule has 0 saturated heterocycles. The van der Waals surface area contributed by atoms with E-state index in [-0.39, 0.29) is 27.5 Å². The zero-order chi connectivity index (χ0) is 56.6. The molecule has 0 fully saturated rings. The van der Waals surface area contributed by atoms with Gasteiger partial charge >= 0.3 is 0 Å². The lowest BCUT2D eigenvalue weighted by atomic mass is 9.98. The number of nitrogens with zero attached hydrogens (tertiary/aromatic N) is 3. The van der Waals surface area contributed by atoms with Crippen LogP contribution in [0.3, 0.4) is 0 Å². The maximum absolute atomic E-state index is 10.4. The summed E-state index contributed by atoms with van der Waals surface area (Å²) in [6, 6.07) is 6.59. The van der Waals surface area contributed by atoms with E-state index in [4.69, 9.17) is 13.7 Å². The van der Waals surface area contributed by atoms with Gasteiger partial charge in [-0.2, -0.15) is 0 Å². The van der Waals surface area contributed by atoms with Crippen LogP contribution in [-0.2, 0) is 0 Å². The zero-order valence-electron chi connectivity index (χ0n) is 51.3. The van der Waals surface area contributed by atoms with Crippen molar-refractivity contribution in [1.29, 1.82) is 0 Å². The third kappa shape index (κ3) is 4.79. The fourth-order valence-corrected chi connectivity index (χ4v) is 7.80. The molecule has 0 aliphatic rings. The average Bonchev–Trinajstić information content (AvgIpc) is 3.10. The monoisotopic (exact) mass is 747 g/mol. The predicted octanol–water partition coefficient (Wildman–Crippen LogP) is 14.3. The third-order valence-corrected chi connectivity index (χ3v) is 10.2. The molecular weight excluding hydrogens is 691 g/mol. The highest BCUT2D eigenvalue weighted by molar-refractivity contribution is 6.17. The summed E-state index contributed by atoms with van der Waals surface area (Å²) in [6.07, 6.45) is 0. The number of para-hydroxylation sites is 4. The Morgan fingerprint density at radius 1 is 0.316 bits per heavy atom. The summed E-state index contributed by atoms with van der Waals surface area (Å²) in [7, 11) is 0. The Morgan fingerprint density at radius 3 is 1.35 bits per heavy atom. The van der Waals surface area contributed by atoms with Gasteiger partial charge in [-0.15, -0.1) is 0 Å². The van der Waals surface area contributed by atoms with E-state index < -0.39 is 188 Å². The normalized spacial score (nSPS) is 17.3. The van der Waals surface area contributed by atoms with Crippen LogP contribution in [0.2, 0.25) is 0 Å². The van der Waals surface area contributed by atoms with Gasteiger partial charge in [0.1, 0.15) is 0 Å².